The first-order chi connectivity index (χ1) is 14.6. The lowest BCUT2D eigenvalue weighted by molar-refractivity contribution is -0.359. The number of nitrogens with one attached hydrogen (secondary N) is 2. The summed E-state index contributed by atoms with van der Waals surface area (Å²) in [4.78, 5) is 34.9. The molecule has 172 valence electrons. The Balaban J connectivity index is 2.63. The van der Waals surface area contributed by atoms with E-state index in [9.17, 15) is 45.1 Å². The van der Waals surface area contributed by atoms with Gasteiger partial charge in [0.05, 0.1) is 0 Å². The van der Waals surface area contributed by atoms with Crippen molar-refractivity contribution in [3.05, 3.63) is 59.2 Å². The van der Waals surface area contributed by atoms with Crippen LogP contribution in [0.5, 0.6) is 0 Å². The fourth-order valence-electron chi connectivity index (χ4n) is 2.69. The van der Waals surface area contributed by atoms with Gasteiger partial charge in [-0.05, 0) is 42.5 Å². The molecule has 12 heteroatoms. The lowest BCUT2D eigenvalue weighted by atomic mass is 9.91. The topological polar surface area (TPSA) is 75.3 Å². The molecule has 0 bridgehead atoms. The molecule has 0 aliphatic heterocycles. The lowest BCUT2D eigenvalue weighted by Crippen LogP contribution is -2.50. The summed E-state index contributed by atoms with van der Waals surface area (Å²) < 4.78 is 94.5. The average Bonchev–Trinajstić information content (AvgIpc) is 2.66. The molecule has 0 aliphatic carbocycles. The van der Waals surface area contributed by atoms with E-state index in [0.29, 0.717) is 6.07 Å². The molecule has 0 spiro atoms. The van der Waals surface area contributed by atoms with E-state index in [1.165, 1.54) is 19.1 Å². The number of carbonyl (C=O) groups is 3. The predicted molar refractivity (Wildman–Crippen MR) is 99.8 cm³/mol. The summed E-state index contributed by atoms with van der Waals surface area (Å²) in [6, 6.07) is 6.28. The Morgan fingerprint density at radius 3 is 1.66 bits per heavy atom. The first-order valence-corrected chi connectivity index (χ1v) is 8.74. The van der Waals surface area contributed by atoms with Crippen molar-refractivity contribution in [3.63, 3.8) is 0 Å². The number of hydrogen-bond acceptors (Lipinski definition) is 3. The maximum absolute atomic E-state index is 14.5. The van der Waals surface area contributed by atoms with Gasteiger partial charge in [-0.3, -0.25) is 14.4 Å². The summed E-state index contributed by atoms with van der Waals surface area (Å²) in [6.07, 6.45) is -6.62. The van der Waals surface area contributed by atoms with Crippen molar-refractivity contribution >= 4 is 29.0 Å². The van der Waals surface area contributed by atoms with Crippen LogP contribution in [0.25, 0.3) is 0 Å². The van der Waals surface area contributed by atoms with Crippen molar-refractivity contribution in [3.8, 4) is 0 Å². The maximum atomic E-state index is 14.5. The summed E-state index contributed by atoms with van der Waals surface area (Å²) in [5.74, 6) is -14.9. The van der Waals surface area contributed by atoms with E-state index in [0.717, 1.165) is 25.1 Å². The van der Waals surface area contributed by atoms with Crippen LogP contribution < -0.4 is 10.6 Å². The van der Waals surface area contributed by atoms with Crippen molar-refractivity contribution in [2.45, 2.75) is 31.9 Å². The normalized spacial score (nSPS) is 12.3. The zero-order valence-electron chi connectivity index (χ0n) is 16.4. The molecule has 0 fully saturated rings. The quantitative estimate of drug-likeness (QED) is 0.460. The Hall–Kier alpha value is -3.44. The summed E-state index contributed by atoms with van der Waals surface area (Å²) in [6.45, 7) is 2.16. The fourth-order valence-corrected chi connectivity index (χ4v) is 2.69. The second-order valence-electron chi connectivity index (χ2n) is 6.68. The highest BCUT2D eigenvalue weighted by atomic mass is 19.4. The Morgan fingerprint density at radius 1 is 0.719 bits per heavy atom. The summed E-state index contributed by atoms with van der Waals surface area (Å²) >= 11 is 0. The van der Waals surface area contributed by atoms with E-state index < -0.39 is 52.4 Å². The molecule has 5 nitrogen and oxygen atoms in total. The fraction of sp³-hybridized carbons (Fsp3) is 0.250. The number of ketones is 1. The molecule has 2 aromatic carbocycles. The molecule has 2 N–H and O–H groups in total. The van der Waals surface area contributed by atoms with Crippen LogP contribution in [0.2, 0.25) is 0 Å². The molecular formula is C20H15F7N2O3. The molecule has 2 aromatic rings. The molecule has 2 amide bonds. The van der Waals surface area contributed by atoms with E-state index in [-0.39, 0.29) is 17.3 Å². The number of anilines is 2. The van der Waals surface area contributed by atoms with Crippen LogP contribution in [0.4, 0.5) is 42.1 Å². The van der Waals surface area contributed by atoms with Crippen molar-refractivity contribution in [2.75, 3.05) is 10.6 Å². The Labute approximate surface area is 176 Å². The van der Waals surface area contributed by atoms with Crippen LogP contribution >= 0.6 is 0 Å². The van der Waals surface area contributed by atoms with Crippen molar-refractivity contribution in [1.29, 1.82) is 0 Å². The van der Waals surface area contributed by atoms with Gasteiger partial charge in [0.15, 0.2) is 5.78 Å². The Morgan fingerprint density at radius 2 is 1.19 bits per heavy atom. The zero-order valence-corrected chi connectivity index (χ0v) is 16.4. The van der Waals surface area contributed by atoms with Crippen LogP contribution in [0, 0.1) is 0 Å². The summed E-state index contributed by atoms with van der Waals surface area (Å²) in [5, 5.41) is 4.36. The number of benzene rings is 2. The van der Waals surface area contributed by atoms with Gasteiger partial charge in [-0.25, -0.2) is 0 Å². The smallest absolute Gasteiger partial charge is 0.326 e. The number of halogens is 7. The molecule has 0 aromatic heterocycles. The number of hydrogen-bond donors (Lipinski definition) is 2. The summed E-state index contributed by atoms with van der Waals surface area (Å²) in [5.41, 5.74) is -3.65. The Bertz CT molecular complexity index is 1050. The summed E-state index contributed by atoms with van der Waals surface area (Å²) in [7, 11) is 0. The monoisotopic (exact) mass is 464 g/mol. The van der Waals surface area contributed by atoms with Gasteiger partial charge in [0, 0.05) is 41.9 Å². The zero-order chi connectivity index (χ0) is 24.5. The van der Waals surface area contributed by atoms with Gasteiger partial charge in [-0.1, -0.05) is 0 Å². The van der Waals surface area contributed by atoms with Gasteiger partial charge in [0.25, 0.3) is 0 Å². The second kappa shape index (κ2) is 8.60. The van der Waals surface area contributed by atoms with Crippen LogP contribution in [0.3, 0.4) is 0 Å². The third-order valence-corrected chi connectivity index (χ3v) is 4.14. The van der Waals surface area contributed by atoms with Gasteiger partial charge >= 0.3 is 18.0 Å². The van der Waals surface area contributed by atoms with Gasteiger partial charge < -0.3 is 10.6 Å². The highest BCUT2D eigenvalue weighted by Crippen LogP contribution is 2.53. The van der Waals surface area contributed by atoms with E-state index in [1.807, 2.05) is 5.32 Å². The molecule has 0 radical (unpaired) electrons. The number of carbonyl (C=O) groups excluding carboxylic acids is 3. The molecular weight excluding hydrogens is 449 g/mol. The van der Waals surface area contributed by atoms with Gasteiger partial charge in [-0.15, -0.1) is 0 Å². The second-order valence-corrected chi connectivity index (χ2v) is 6.68. The van der Waals surface area contributed by atoms with Crippen molar-refractivity contribution in [2.24, 2.45) is 0 Å². The third kappa shape index (κ3) is 4.89. The third-order valence-electron chi connectivity index (χ3n) is 4.14. The van der Waals surface area contributed by atoms with Gasteiger partial charge in [0.2, 0.25) is 11.8 Å². The van der Waals surface area contributed by atoms with Crippen molar-refractivity contribution < 1.29 is 45.1 Å². The van der Waals surface area contributed by atoms with Crippen LogP contribution in [-0.4, -0.2) is 29.7 Å². The maximum Gasteiger partial charge on any atom is 0.460 e. The van der Waals surface area contributed by atoms with E-state index in [4.69, 9.17) is 0 Å². The average molecular weight is 464 g/mol. The van der Waals surface area contributed by atoms with E-state index in [1.54, 1.807) is 0 Å². The van der Waals surface area contributed by atoms with Crippen LogP contribution in [-0.2, 0) is 15.5 Å². The molecule has 0 heterocycles. The highest BCUT2D eigenvalue weighted by Gasteiger charge is 2.74. The van der Waals surface area contributed by atoms with Crippen molar-refractivity contribution in [1.82, 2.24) is 0 Å². The minimum absolute atomic E-state index is 0.194. The van der Waals surface area contributed by atoms with Crippen LogP contribution in [0.1, 0.15) is 35.3 Å². The SMILES string of the molecule is CC(=O)Nc1ccc(C(=O)c2ccc(NC(C)=O)cc2C(F)(F)C(F)(F)C(F)(F)F)cc1. The molecule has 0 unspecified atom stereocenters. The molecule has 0 saturated heterocycles. The minimum atomic E-state index is -6.62. The molecule has 32 heavy (non-hydrogen) atoms. The van der Waals surface area contributed by atoms with Gasteiger partial charge in [-0.2, -0.15) is 30.7 Å². The molecule has 0 aliphatic rings. The van der Waals surface area contributed by atoms with E-state index in [2.05, 4.69) is 5.32 Å². The molecule has 0 atom stereocenters. The van der Waals surface area contributed by atoms with E-state index >= 15 is 0 Å². The van der Waals surface area contributed by atoms with Gasteiger partial charge in [0.1, 0.15) is 0 Å². The molecule has 2 rings (SSSR count). The number of alkyl halides is 7. The Kier molecular flexibility index (Phi) is 6.67. The largest absolute Gasteiger partial charge is 0.460 e. The van der Waals surface area contributed by atoms with Crippen LogP contribution in [0.15, 0.2) is 42.5 Å². The standard InChI is InChI=1S/C20H15F7N2O3/c1-10(30)28-13-5-3-12(4-6-13)17(32)15-8-7-14(29-11(2)31)9-16(15)18(21,22)19(23,24)20(25,26)27/h3-9H,1-2H3,(H,28,30)(H,29,31). The minimum Gasteiger partial charge on any atom is -0.326 e. The predicted octanol–water partition coefficient (Wildman–Crippen LogP) is 5.12. The first kappa shape index (κ1) is 24.8. The lowest BCUT2D eigenvalue weighted by Gasteiger charge is -2.30. The number of amides is 2. The molecule has 0 saturated carbocycles. The number of rotatable bonds is 6. The first-order valence-electron chi connectivity index (χ1n) is 8.74. The highest BCUT2D eigenvalue weighted by molar-refractivity contribution is 6.10.